The van der Waals surface area contributed by atoms with Gasteiger partial charge in [-0.05, 0) is 76.7 Å². The molecule has 8 heteroatoms. The molecule has 0 N–H and O–H groups in total. The molecule has 2 atom stereocenters. The lowest BCUT2D eigenvalue weighted by atomic mass is 9.99. The second-order valence-corrected chi connectivity index (χ2v) is 10.2. The highest BCUT2D eigenvalue weighted by molar-refractivity contribution is 6.03. The number of hydrogen-bond donors (Lipinski definition) is 0. The van der Waals surface area contributed by atoms with Crippen molar-refractivity contribution in [1.29, 1.82) is 0 Å². The smallest absolute Gasteiger partial charge is 0.414 e. The third-order valence-corrected chi connectivity index (χ3v) is 6.96. The van der Waals surface area contributed by atoms with Crippen molar-refractivity contribution >= 4 is 29.3 Å². The average molecular weight is 493 g/mol. The molecule has 0 radical (unpaired) electrons. The summed E-state index contributed by atoms with van der Waals surface area (Å²) in [4.78, 5) is 45.7. The Balaban J connectivity index is 1.62. The Bertz CT molecular complexity index is 1140. The van der Waals surface area contributed by atoms with Crippen molar-refractivity contribution in [2.45, 2.75) is 52.3 Å². The molecule has 0 bridgehead atoms. The van der Waals surface area contributed by atoms with Crippen molar-refractivity contribution in [1.82, 2.24) is 9.80 Å². The Morgan fingerprint density at radius 2 is 1.64 bits per heavy atom. The lowest BCUT2D eigenvalue weighted by molar-refractivity contribution is -0.117. The van der Waals surface area contributed by atoms with Gasteiger partial charge in [0, 0.05) is 38.2 Å². The fraction of sp³-hybridized carbons (Fsp3) is 0.464. The van der Waals surface area contributed by atoms with E-state index in [0.717, 1.165) is 30.6 Å². The fourth-order valence-corrected chi connectivity index (χ4v) is 5.06. The summed E-state index contributed by atoms with van der Waals surface area (Å²) in [6, 6.07) is 13.5. The Morgan fingerprint density at radius 1 is 0.972 bits per heavy atom. The predicted molar refractivity (Wildman–Crippen MR) is 141 cm³/mol. The summed E-state index contributed by atoms with van der Waals surface area (Å²) in [5, 5.41) is 0. The van der Waals surface area contributed by atoms with Gasteiger partial charge in [-0.3, -0.25) is 14.5 Å². The van der Waals surface area contributed by atoms with Crippen molar-refractivity contribution in [3.8, 4) is 11.1 Å². The Hall–Kier alpha value is -3.39. The second-order valence-electron chi connectivity index (χ2n) is 10.2. The number of likely N-dealkylation sites (tertiary alicyclic amines) is 1. The minimum Gasteiger partial charge on any atom is -0.446 e. The van der Waals surface area contributed by atoms with Gasteiger partial charge in [-0.25, -0.2) is 4.79 Å². The van der Waals surface area contributed by atoms with E-state index in [2.05, 4.69) is 4.90 Å². The van der Waals surface area contributed by atoms with Crippen molar-refractivity contribution < 1.29 is 19.1 Å². The van der Waals surface area contributed by atoms with Crippen LogP contribution in [0.15, 0.2) is 42.5 Å². The Labute approximate surface area is 213 Å². The largest absolute Gasteiger partial charge is 0.446 e. The molecular weight excluding hydrogens is 456 g/mol. The van der Waals surface area contributed by atoms with Crippen LogP contribution < -0.4 is 9.80 Å². The minimum absolute atomic E-state index is 0.0463. The van der Waals surface area contributed by atoms with Crippen LogP contribution in [0.4, 0.5) is 16.2 Å². The number of carbonyl (C=O) groups excluding carboxylic acids is 3. The Kier molecular flexibility index (Phi) is 7.36. The van der Waals surface area contributed by atoms with Crippen molar-refractivity contribution in [2.75, 3.05) is 43.5 Å². The fourth-order valence-electron chi connectivity index (χ4n) is 5.06. The highest BCUT2D eigenvalue weighted by Crippen LogP contribution is 2.39. The van der Waals surface area contributed by atoms with E-state index >= 15 is 0 Å². The number of amides is 3. The van der Waals surface area contributed by atoms with Gasteiger partial charge >= 0.3 is 6.09 Å². The predicted octanol–water partition coefficient (Wildman–Crippen LogP) is 4.24. The van der Waals surface area contributed by atoms with E-state index in [1.165, 1.54) is 6.92 Å². The summed E-state index contributed by atoms with van der Waals surface area (Å²) in [5.74, 6) is -0.0281. The van der Waals surface area contributed by atoms with Gasteiger partial charge in [-0.15, -0.1) is 0 Å². The van der Waals surface area contributed by atoms with Gasteiger partial charge in [0.05, 0.1) is 23.5 Å². The molecule has 3 amide bonds. The molecule has 0 spiro atoms. The maximum Gasteiger partial charge on any atom is 0.414 e. The SMILES string of the molecule is CC(=O)N1c2ccc(-c3ccc(C(=O)N4CC[C@@H](N(C)C)C4)cc3)cc2N(C(=O)OC(C)C)C[C@@H]1C. The number of carbonyl (C=O) groups is 3. The Morgan fingerprint density at radius 3 is 2.22 bits per heavy atom. The van der Waals surface area contributed by atoms with Gasteiger partial charge in [-0.1, -0.05) is 18.2 Å². The molecule has 4 rings (SSSR count). The van der Waals surface area contributed by atoms with Gasteiger partial charge in [0.15, 0.2) is 0 Å². The molecule has 0 saturated carbocycles. The van der Waals surface area contributed by atoms with Crippen LogP contribution in [0, 0.1) is 0 Å². The highest BCUT2D eigenvalue weighted by Gasteiger charge is 2.35. The molecule has 2 aromatic carbocycles. The van der Waals surface area contributed by atoms with Gasteiger partial charge in [-0.2, -0.15) is 0 Å². The van der Waals surface area contributed by atoms with E-state index in [1.54, 1.807) is 9.80 Å². The van der Waals surface area contributed by atoms with Gasteiger partial charge in [0.2, 0.25) is 5.91 Å². The summed E-state index contributed by atoms with van der Waals surface area (Å²) in [5.41, 5.74) is 3.80. The number of anilines is 2. The minimum atomic E-state index is -0.430. The normalized spacial score (nSPS) is 19.6. The summed E-state index contributed by atoms with van der Waals surface area (Å²) in [6.45, 7) is 8.94. The van der Waals surface area contributed by atoms with Crippen LogP contribution in [0.2, 0.25) is 0 Å². The first-order valence-corrected chi connectivity index (χ1v) is 12.5. The third kappa shape index (κ3) is 5.09. The third-order valence-electron chi connectivity index (χ3n) is 6.96. The molecule has 0 aromatic heterocycles. The molecule has 0 unspecified atom stereocenters. The number of likely N-dealkylation sites (N-methyl/N-ethyl adjacent to an activating group) is 1. The quantitative estimate of drug-likeness (QED) is 0.639. The molecule has 192 valence electrons. The number of nitrogens with zero attached hydrogens (tertiary/aromatic N) is 4. The van der Waals surface area contributed by atoms with Crippen LogP contribution in [0.3, 0.4) is 0 Å². The topological polar surface area (TPSA) is 73.4 Å². The number of benzene rings is 2. The highest BCUT2D eigenvalue weighted by atomic mass is 16.6. The molecular formula is C28H36N4O4. The lowest BCUT2D eigenvalue weighted by Gasteiger charge is -2.40. The zero-order valence-electron chi connectivity index (χ0n) is 22.0. The number of fused-ring (bicyclic) bond motifs is 1. The van der Waals surface area contributed by atoms with Crippen molar-refractivity contribution in [2.24, 2.45) is 0 Å². The lowest BCUT2D eigenvalue weighted by Crippen LogP contribution is -2.51. The maximum absolute atomic E-state index is 13.0. The van der Waals surface area contributed by atoms with E-state index in [1.807, 2.05) is 82.2 Å². The summed E-state index contributed by atoms with van der Waals surface area (Å²) < 4.78 is 5.49. The van der Waals surface area contributed by atoms with E-state index in [0.29, 0.717) is 29.5 Å². The molecule has 2 aromatic rings. The van der Waals surface area contributed by atoms with Gasteiger partial charge < -0.3 is 19.4 Å². The molecule has 2 aliphatic heterocycles. The first kappa shape index (κ1) is 25.7. The number of ether oxygens (including phenoxy) is 1. The maximum atomic E-state index is 13.0. The van der Waals surface area contributed by atoms with E-state index < -0.39 is 6.09 Å². The van der Waals surface area contributed by atoms with Crippen molar-refractivity contribution in [3.05, 3.63) is 48.0 Å². The van der Waals surface area contributed by atoms with Crippen LogP contribution >= 0.6 is 0 Å². The summed E-state index contributed by atoms with van der Waals surface area (Å²) >= 11 is 0. The average Bonchev–Trinajstić information content (AvgIpc) is 3.33. The molecule has 36 heavy (non-hydrogen) atoms. The molecule has 0 aliphatic carbocycles. The second kappa shape index (κ2) is 10.3. The first-order valence-electron chi connectivity index (χ1n) is 12.5. The van der Waals surface area contributed by atoms with Gasteiger partial charge in [0.25, 0.3) is 5.91 Å². The molecule has 8 nitrogen and oxygen atoms in total. The van der Waals surface area contributed by atoms with Crippen LogP contribution in [0.25, 0.3) is 11.1 Å². The zero-order chi connectivity index (χ0) is 26.1. The van der Waals surface area contributed by atoms with Crippen molar-refractivity contribution in [3.63, 3.8) is 0 Å². The first-order chi connectivity index (χ1) is 17.1. The molecule has 2 aliphatic rings. The molecule has 1 fully saturated rings. The zero-order valence-corrected chi connectivity index (χ0v) is 22.0. The number of hydrogen-bond acceptors (Lipinski definition) is 5. The van der Waals surface area contributed by atoms with Gasteiger partial charge in [0.1, 0.15) is 0 Å². The monoisotopic (exact) mass is 492 g/mol. The molecule has 1 saturated heterocycles. The van der Waals surface area contributed by atoms with Crippen LogP contribution in [0.5, 0.6) is 0 Å². The van der Waals surface area contributed by atoms with E-state index in [9.17, 15) is 14.4 Å². The number of rotatable bonds is 4. The standard InChI is InChI=1S/C28H36N4O4/c1-18(2)36-28(35)31-16-19(3)32(20(4)33)25-12-11-23(15-26(25)31)21-7-9-22(10-8-21)27(34)30-14-13-24(17-30)29(5)6/h7-12,15,18-19,24H,13-14,16-17H2,1-6H3/t19-,24+/m0/s1. The van der Waals surface area contributed by atoms with Crippen LogP contribution in [0.1, 0.15) is 44.5 Å². The molecule has 2 heterocycles. The van der Waals surface area contributed by atoms with E-state index in [-0.39, 0.29) is 24.0 Å². The summed E-state index contributed by atoms with van der Waals surface area (Å²) in [7, 11) is 4.10. The summed E-state index contributed by atoms with van der Waals surface area (Å²) in [6.07, 6.45) is 0.303. The van der Waals surface area contributed by atoms with Crippen LogP contribution in [-0.4, -0.2) is 79.6 Å². The van der Waals surface area contributed by atoms with E-state index in [4.69, 9.17) is 4.74 Å². The van der Waals surface area contributed by atoms with Crippen LogP contribution in [-0.2, 0) is 9.53 Å².